The van der Waals surface area contributed by atoms with Gasteiger partial charge in [-0.25, -0.2) is 0 Å². The molecule has 0 rings (SSSR count). The Kier molecular flexibility index (Phi) is 7.86. The Labute approximate surface area is 85.5 Å². The molecule has 14 heavy (non-hydrogen) atoms. The van der Waals surface area contributed by atoms with Crippen LogP contribution in [-0.4, -0.2) is 37.6 Å². The van der Waals surface area contributed by atoms with Crippen molar-refractivity contribution in [3.63, 3.8) is 0 Å². The van der Waals surface area contributed by atoms with Crippen LogP contribution in [0.4, 0.5) is 0 Å². The summed E-state index contributed by atoms with van der Waals surface area (Å²) in [5, 5.41) is 8.33. The third kappa shape index (κ3) is 6.44. The molecule has 0 radical (unpaired) electrons. The Morgan fingerprint density at radius 3 is 2.79 bits per heavy atom. The predicted molar refractivity (Wildman–Crippen MR) is 53.6 cm³/mol. The average Bonchev–Trinajstić information content (AvgIpc) is 2.20. The van der Waals surface area contributed by atoms with Gasteiger partial charge < -0.3 is 9.64 Å². The molecular formula is C10H18N2O2. The molecule has 0 aliphatic rings. The van der Waals surface area contributed by atoms with Crippen molar-refractivity contribution in [1.29, 1.82) is 5.26 Å². The van der Waals surface area contributed by atoms with Gasteiger partial charge in [-0.3, -0.25) is 4.79 Å². The molecule has 0 heterocycles. The molecule has 0 saturated heterocycles. The van der Waals surface area contributed by atoms with E-state index in [0.29, 0.717) is 32.6 Å². The Hall–Kier alpha value is -1.08. The highest BCUT2D eigenvalue weighted by Crippen LogP contribution is 1.94. The first-order chi connectivity index (χ1) is 6.72. The Bertz CT molecular complexity index is 199. The highest BCUT2D eigenvalue weighted by molar-refractivity contribution is 5.75. The lowest BCUT2D eigenvalue weighted by Crippen LogP contribution is -2.28. The van der Waals surface area contributed by atoms with E-state index in [9.17, 15) is 4.79 Å². The van der Waals surface area contributed by atoms with Crippen molar-refractivity contribution in [3.05, 3.63) is 0 Å². The molecule has 0 aliphatic heterocycles. The molecule has 0 aromatic rings. The lowest BCUT2D eigenvalue weighted by molar-refractivity contribution is -0.130. The topological polar surface area (TPSA) is 53.3 Å². The number of carbonyl (C=O) groups excluding carboxylic acids is 1. The van der Waals surface area contributed by atoms with Gasteiger partial charge in [-0.1, -0.05) is 6.92 Å². The number of rotatable bonds is 7. The molecule has 0 unspecified atom stereocenters. The van der Waals surface area contributed by atoms with Crippen LogP contribution >= 0.6 is 0 Å². The second-order valence-corrected chi connectivity index (χ2v) is 3.09. The molecule has 0 bridgehead atoms. The second-order valence-electron chi connectivity index (χ2n) is 3.09. The number of carbonyl (C=O) groups is 1. The van der Waals surface area contributed by atoms with E-state index in [4.69, 9.17) is 10.00 Å². The summed E-state index contributed by atoms with van der Waals surface area (Å²) in [5.74, 6) is 0.0383. The summed E-state index contributed by atoms with van der Waals surface area (Å²) in [6.45, 7) is 3.71. The number of hydrogen-bond donors (Lipinski definition) is 0. The van der Waals surface area contributed by atoms with Gasteiger partial charge in [-0.15, -0.1) is 0 Å². The molecular weight excluding hydrogens is 180 g/mol. The van der Waals surface area contributed by atoms with Crippen molar-refractivity contribution in [2.24, 2.45) is 0 Å². The van der Waals surface area contributed by atoms with Crippen LogP contribution in [0.2, 0.25) is 0 Å². The lowest BCUT2D eigenvalue weighted by atomic mass is 10.3. The van der Waals surface area contributed by atoms with Gasteiger partial charge in [0.1, 0.15) is 0 Å². The zero-order valence-corrected chi connectivity index (χ0v) is 8.95. The quantitative estimate of drug-likeness (QED) is 0.577. The minimum atomic E-state index is 0.0383. The van der Waals surface area contributed by atoms with Gasteiger partial charge in [-0.2, -0.15) is 5.26 Å². The molecule has 4 nitrogen and oxygen atoms in total. The van der Waals surface area contributed by atoms with Crippen LogP contribution in [0.25, 0.3) is 0 Å². The van der Waals surface area contributed by atoms with Crippen LogP contribution in [0.1, 0.15) is 26.2 Å². The fraction of sp³-hybridized carbons (Fsp3) is 0.800. The number of hydrogen-bond acceptors (Lipinski definition) is 3. The monoisotopic (exact) mass is 198 g/mol. The van der Waals surface area contributed by atoms with Crippen molar-refractivity contribution < 1.29 is 9.53 Å². The van der Waals surface area contributed by atoms with Crippen LogP contribution in [-0.2, 0) is 9.53 Å². The van der Waals surface area contributed by atoms with Crippen LogP contribution < -0.4 is 0 Å². The highest BCUT2D eigenvalue weighted by atomic mass is 16.5. The van der Waals surface area contributed by atoms with Gasteiger partial charge in [0.15, 0.2) is 0 Å². The summed E-state index contributed by atoms with van der Waals surface area (Å²) < 4.78 is 5.20. The predicted octanol–water partition coefficient (Wildman–Crippen LogP) is 1.18. The van der Waals surface area contributed by atoms with E-state index in [2.05, 4.69) is 0 Å². The van der Waals surface area contributed by atoms with Crippen LogP contribution in [0, 0.1) is 11.3 Å². The maximum atomic E-state index is 11.3. The van der Waals surface area contributed by atoms with Crippen molar-refractivity contribution >= 4 is 5.91 Å². The van der Waals surface area contributed by atoms with Crippen molar-refractivity contribution in [2.45, 2.75) is 26.2 Å². The zero-order chi connectivity index (χ0) is 10.8. The number of nitriles is 1. The first kappa shape index (κ1) is 12.9. The van der Waals surface area contributed by atoms with Gasteiger partial charge >= 0.3 is 0 Å². The molecule has 0 atom stereocenters. The van der Waals surface area contributed by atoms with E-state index >= 15 is 0 Å². The third-order valence-corrected chi connectivity index (χ3v) is 1.79. The Morgan fingerprint density at radius 2 is 2.21 bits per heavy atom. The summed E-state index contributed by atoms with van der Waals surface area (Å²) in [6.07, 6.45) is 1.76. The molecule has 0 aromatic carbocycles. The zero-order valence-electron chi connectivity index (χ0n) is 8.95. The molecule has 0 spiro atoms. The molecule has 0 N–H and O–H groups in total. The van der Waals surface area contributed by atoms with Crippen LogP contribution in [0.3, 0.4) is 0 Å². The lowest BCUT2D eigenvalue weighted by Gasteiger charge is -2.15. The van der Waals surface area contributed by atoms with Crippen LogP contribution in [0.15, 0.2) is 0 Å². The van der Waals surface area contributed by atoms with E-state index in [0.717, 1.165) is 6.42 Å². The maximum absolute atomic E-state index is 11.3. The van der Waals surface area contributed by atoms with Gasteiger partial charge in [0, 0.05) is 20.2 Å². The smallest absolute Gasteiger partial charge is 0.224 e. The van der Waals surface area contributed by atoms with Crippen molar-refractivity contribution in [1.82, 2.24) is 4.90 Å². The molecule has 80 valence electrons. The number of nitrogens with zero attached hydrogens (tertiary/aromatic N) is 2. The van der Waals surface area contributed by atoms with Gasteiger partial charge in [-0.05, 0) is 6.42 Å². The summed E-state index contributed by atoms with van der Waals surface area (Å²) in [7, 11) is 1.71. The third-order valence-electron chi connectivity index (χ3n) is 1.79. The van der Waals surface area contributed by atoms with Crippen molar-refractivity contribution in [2.75, 3.05) is 26.8 Å². The fourth-order valence-corrected chi connectivity index (χ4v) is 0.939. The van der Waals surface area contributed by atoms with Crippen molar-refractivity contribution in [3.8, 4) is 6.07 Å². The first-order valence-corrected chi connectivity index (χ1v) is 4.91. The van der Waals surface area contributed by atoms with E-state index in [1.165, 1.54) is 0 Å². The molecule has 1 amide bonds. The SMILES string of the molecule is CCCOCCC(=O)N(C)CCC#N. The molecule has 0 aliphatic carbocycles. The maximum Gasteiger partial charge on any atom is 0.224 e. The van der Waals surface area contributed by atoms with E-state index < -0.39 is 0 Å². The summed E-state index contributed by atoms with van der Waals surface area (Å²) >= 11 is 0. The Morgan fingerprint density at radius 1 is 1.50 bits per heavy atom. The van der Waals surface area contributed by atoms with E-state index in [1.807, 2.05) is 13.0 Å². The van der Waals surface area contributed by atoms with E-state index in [1.54, 1.807) is 11.9 Å². The number of amides is 1. The largest absolute Gasteiger partial charge is 0.381 e. The molecule has 4 heteroatoms. The highest BCUT2D eigenvalue weighted by Gasteiger charge is 2.07. The summed E-state index contributed by atoms with van der Waals surface area (Å²) in [5.41, 5.74) is 0. The standard InChI is InChI=1S/C10H18N2O2/c1-3-8-14-9-5-10(13)12(2)7-4-6-11/h3-5,7-9H2,1-2H3. The van der Waals surface area contributed by atoms with E-state index in [-0.39, 0.29) is 5.91 Å². The minimum Gasteiger partial charge on any atom is -0.381 e. The van der Waals surface area contributed by atoms with Gasteiger partial charge in [0.25, 0.3) is 0 Å². The summed E-state index contributed by atoms with van der Waals surface area (Å²) in [4.78, 5) is 12.9. The second kappa shape index (κ2) is 8.52. The van der Waals surface area contributed by atoms with Crippen LogP contribution in [0.5, 0.6) is 0 Å². The van der Waals surface area contributed by atoms with Gasteiger partial charge in [0.2, 0.25) is 5.91 Å². The molecule has 0 aromatic heterocycles. The fourth-order valence-electron chi connectivity index (χ4n) is 0.939. The molecule has 0 saturated carbocycles. The Balaban J connectivity index is 3.48. The van der Waals surface area contributed by atoms with Gasteiger partial charge in [0.05, 0.1) is 25.5 Å². The summed E-state index contributed by atoms with van der Waals surface area (Å²) in [6, 6.07) is 2.00. The molecule has 0 fully saturated rings. The average molecular weight is 198 g/mol. The minimum absolute atomic E-state index is 0.0383. The first-order valence-electron chi connectivity index (χ1n) is 4.91. The number of ether oxygens (including phenoxy) is 1. The normalized spacial score (nSPS) is 9.50.